The van der Waals surface area contributed by atoms with Crippen molar-refractivity contribution in [1.29, 1.82) is 0 Å². The fraction of sp³-hybridized carbons (Fsp3) is 0.263. The van der Waals surface area contributed by atoms with E-state index in [1.165, 1.54) is 5.56 Å². The van der Waals surface area contributed by atoms with E-state index in [0.717, 1.165) is 28.9 Å². The second kappa shape index (κ2) is 6.24. The van der Waals surface area contributed by atoms with E-state index >= 15 is 0 Å². The van der Waals surface area contributed by atoms with E-state index in [9.17, 15) is 4.79 Å². The van der Waals surface area contributed by atoms with Gasteiger partial charge in [-0.15, -0.1) is 0 Å². The fourth-order valence-corrected chi connectivity index (χ4v) is 2.89. The van der Waals surface area contributed by atoms with Crippen molar-refractivity contribution < 1.29 is 9.21 Å². The van der Waals surface area contributed by atoms with E-state index in [2.05, 4.69) is 43.2 Å². The maximum Gasteiger partial charge on any atom is 0.275 e. The van der Waals surface area contributed by atoms with Gasteiger partial charge in [0.05, 0.1) is 6.26 Å². The molecule has 1 amide bonds. The Bertz CT molecular complexity index is 776. The molecule has 0 saturated carbocycles. The van der Waals surface area contributed by atoms with Crippen molar-refractivity contribution in [3.05, 3.63) is 64.2 Å². The molecule has 1 aromatic heterocycles. The van der Waals surface area contributed by atoms with E-state index in [4.69, 9.17) is 4.42 Å². The number of aryl methyl sites for hydroxylation is 4. The van der Waals surface area contributed by atoms with Gasteiger partial charge in [0.2, 0.25) is 0 Å². The smallest absolute Gasteiger partial charge is 0.275 e. The van der Waals surface area contributed by atoms with Crippen molar-refractivity contribution in [1.82, 2.24) is 5.32 Å². The number of rotatable bonds is 4. The van der Waals surface area contributed by atoms with Gasteiger partial charge in [-0.1, -0.05) is 17.7 Å². The number of nitrogens with zero attached hydrogens (tertiary/aromatic N) is 1. The highest BCUT2D eigenvalue weighted by atomic mass is 16.3. The highest BCUT2D eigenvalue weighted by Crippen LogP contribution is 2.21. The number of amidine groups is 1. The Morgan fingerprint density at radius 3 is 2.57 bits per heavy atom. The van der Waals surface area contributed by atoms with Crippen LogP contribution < -0.4 is 5.32 Å². The summed E-state index contributed by atoms with van der Waals surface area (Å²) >= 11 is 0. The molecule has 1 aliphatic heterocycles. The normalized spacial score (nSPS) is 15.9. The van der Waals surface area contributed by atoms with Gasteiger partial charge >= 0.3 is 0 Å². The first kappa shape index (κ1) is 15.3. The highest BCUT2D eigenvalue weighted by molar-refractivity contribution is 6.14. The van der Waals surface area contributed by atoms with Crippen LogP contribution in [0.5, 0.6) is 0 Å². The molecule has 0 spiro atoms. The van der Waals surface area contributed by atoms with Gasteiger partial charge in [-0.25, -0.2) is 4.99 Å². The molecule has 4 nitrogen and oxygen atoms in total. The van der Waals surface area contributed by atoms with Crippen LogP contribution in [-0.2, 0) is 11.2 Å². The van der Waals surface area contributed by atoms with E-state index in [-0.39, 0.29) is 5.91 Å². The predicted molar refractivity (Wildman–Crippen MR) is 91.2 cm³/mol. The number of amides is 1. The summed E-state index contributed by atoms with van der Waals surface area (Å²) in [6.07, 6.45) is 4.91. The first-order valence-electron chi connectivity index (χ1n) is 7.74. The molecule has 0 saturated heterocycles. The van der Waals surface area contributed by atoms with Gasteiger partial charge in [-0.2, -0.15) is 0 Å². The summed E-state index contributed by atoms with van der Waals surface area (Å²) in [6.45, 7) is 6.19. The van der Waals surface area contributed by atoms with Crippen LogP contribution in [0.1, 0.15) is 34.4 Å². The van der Waals surface area contributed by atoms with Gasteiger partial charge in [0, 0.05) is 12.8 Å². The molecule has 0 unspecified atom stereocenters. The predicted octanol–water partition coefficient (Wildman–Crippen LogP) is 3.71. The minimum atomic E-state index is -0.140. The lowest BCUT2D eigenvalue weighted by atomic mass is 9.99. The number of carbonyl (C=O) groups excluding carboxylic acids is 1. The molecule has 23 heavy (non-hydrogen) atoms. The second-order valence-electron chi connectivity index (χ2n) is 5.93. The summed E-state index contributed by atoms with van der Waals surface area (Å²) in [4.78, 5) is 16.6. The van der Waals surface area contributed by atoms with Gasteiger partial charge in [0.15, 0.2) is 0 Å². The summed E-state index contributed by atoms with van der Waals surface area (Å²) in [5.41, 5.74) is 5.07. The van der Waals surface area contributed by atoms with Crippen molar-refractivity contribution in [2.75, 3.05) is 0 Å². The lowest BCUT2D eigenvalue weighted by Gasteiger charge is -2.07. The quantitative estimate of drug-likeness (QED) is 0.875. The Morgan fingerprint density at radius 2 is 1.91 bits per heavy atom. The number of carbonyl (C=O) groups is 1. The van der Waals surface area contributed by atoms with Crippen molar-refractivity contribution >= 4 is 17.8 Å². The standard InChI is InChI=1S/C19H20N2O2/c1-12-9-13(2)16(14(3)10-12)11-17-19(22)21-18(20-17)7-6-15-5-4-8-23-15/h4-5,8-11H,6-7H2,1-3H3,(H,20,21,22)/b17-11-. The van der Waals surface area contributed by atoms with Gasteiger partial charge < -0.3 is 9.73 Å². The molecule has 0 aliphatic carbocycles. The van der Waals surface area contributed by atoms with Gasteiger partial charge in [-0.05, 0) is 55.7 Å². The van der Waals surface area contributed by atoms with Crippen molar-refractivity contribution in [2.45, 2.75) is 33.6 Å². The summed E-state index contributed by atoms with van der Waals surface area (Å²) in [6, 6.07) is 8.02. The third-order valence-electron chi connectivity index (χ3n) is 3.95. The number of nitrogens with one attached hydrogen (secondary N) is 1. The molecular formula is C19H20N2O2. The topological polar surface area (TPSA) is 54.6 Å². The summed E-state index contributed by atoms with van der Waals surface area (Å²) in [5.74, 6) is 1.45. The van der Waals surface area contributed by atoms with Crippen LogP contribution in [0, 0.1) is 20.8 Å². The number of hydrogen-bond donors (Lipinski definition) is 1. The first-order valence-corrected chi connectivity index (χ1v) is 7.74. The summed E-state index contributed by atoms with van der Waals surface area (Å²) < 4.78 is 5.30. The molecule has 4 heteroatoms. The van der Waals surface area contributed by atoms with Crippen LogP contribution in [0.3, 0.4) is 0 Å². The van der Waals surface area contributed by atoms with Crippen LogP contribution in [0.4, 0.5) is 0 Å². The molecule has 0 fully saturated rings. The molecule has 0 bridgehead atoms. The second-order valence-corrected chi connectivity index (χ2v) is 5.93. The number of aliphatic imine (C=N–C) groups is 1. The molecule has 0 radical (unpaired) electrons. The largest absolute Gasteiger partial charge is 0.469 e. The third-order valence-corrected chi connectivity index (χ3v) is 3.95. The van der Waals surface area contributed by atoms with E-state index < -0.39 is 0 Å². The van der Waals surface area contributed by atoms with Crippen LogP contribution in [0.2, 0.25) is 0 Å². The summed E-state index contributed by atoms with van der Waals surface area (Å²) in [5, 5.41) is 2.84. The van der Waals surface area contributed by atoms with Crippen molar-refractivity contribution in [2.24, 2.45) is 4.99 Å². The number of benzene rings is 1. The first-order chi connectivity index (χ1) is 11.0. The molecule has 3 rings (SSSR count). The molecule has 2 heterocycles. The Morgan fingerprint density at radius 1 is 1.17 bits per heavy atom. The van der Waals surface area contributed by atoms with E-state index in [0.29, 0.717) is 18.0 Å². The zero-order chi connectivity index (χ0) is 16.4. The molecule has 118 valence electrons. The molecule has 1 aliphatic rings. The molecular weight excluding hydrogens is 288 g/mol. The van der Waals surface area contributed by atoms with Gasteiger partial charge in [0.25, 0.3) is 5.91 Å². The van der Waals surface area contributed by atoms with Crippen molar-refractivity contribution in [3.63, 3.8) is 0 Å². The zero-order valence-electron chi connectivity index (χ0n) is 13.6. The fourth-order valence-electron chi connectivity index (χ4n) is 2.89. The molecule has 0 atom stereocenters. The van der Waals surface area contributed by atoms with E-state index in [1.807, 2.05) is 18.2 Å². The van der Waals surface area contributed by atoms with Crippen LogP contribution in [0.15, 0.2) is 45.6 Å². The third kappa shape index (κ3) is 3.42. The van der Waals surface area contributed by atoms with Gasteiger partial charge in [0.1, 0.15) is 17.3 Å². The maximum absolute atomic E-state index is 12.1. The average molecular weight is 308 g/mol. The average Bonchev–Trinajstić information content (AvgIpc) is 3.10. The molecule has 2 aromatic rings. The number of furan rings is 1. The Hall–Kier alpha value is -2.62. The lowest BCUT2D eigenvalue weighted by molar-refractivity contribution is -0.115. The lowest BCUT2D eigenvalue weighted by Crippen LogP contribution is -2.24. The Labute approximate surface area is 135 Å². The zero-order valence-corrected chi connectivity index (χ0v) is 13.6. The van der Waals surface area contributed by atoms with Crippen LogP contribution in [-0.4, -0.2) is 11.7 Å². The molecule has 1 aromatic carbocycles. The van der Waals surface area contributed by atoms with Crippen LogP contribution in [0.25, 0.3) is 6.08 Å². The Balaban J connectivity index is 1.81. The maximum atomic E-state index is 12.1. The van der Waals surface area contributed by atoms with E-state index in [1.54, 1.807) is 6.26 Å². The summed E-state index contributed by atoms with van der Waals surface area (Å²) in [7, 11) is 0. The Kier molecular flexibility index (Phi) is 4.15. The van der Waals surface area contributed by atoms with Crippen molar-refractivity contribution in [3.8, 4) is 0 Å². The van der Waals surface area contributed by atoms with Crippen LogP contribution >= 0.6 is 0 Å². The SMILES string of the molecule is Cc1cc(C)c(/C=C2\N=C(CCc3ccco3)NC2=O)c(C)c1. The number of hydrogen-bond acceptors (Lipinski definition) is 3. The van der Waals surface area contributed by atoms with Gasteiger partial charge in [-0.3, -0.25) is 4.79 Å². The molecule has 1 N–H and O–H groups in total. The highest BCUT2D eigenvalue weighted by Gasteiger charge is 2.20. The minimum Gasteiger partial charge on any atom is -0.469 e. The monoisotopic (exact) mass is 308 g/mol. The minimum absolute atomic E-state index is 0.140.